The first kappa shape index (κ1) is 12.2. The smallest absolute Gasteiger partial charge is 0.254 e. The van der Waals surface area contributed by atoms with Gasteiger partial charge in [-0.05, 0) is 5.56 Å². The van der Waals surface area contributed by atoms with Crippen LogP contribution in [0.5, 0.6) is 0 Å². The summed E-state index contributed by atoms with van der Waals surface area (Å²) in [5, 5.41) is 0. The molecule has 2 rings (SSSR count). The molecule has 0 aliphatic heterocycles. The summed E-state index contributed by atoms with van der Waals surface area (Å²) >= 11 is 0. The molecule has 0 aliphatic carbocycles. The van der Waals surface area contributed by atoms with Gasteiger partial charge in [0.25, 0.3) is 5.91 Å². The summed E-state index contributed by atoms with van der Waals surface area (Å²) in [6, 6.07) is 8.15. The van der Waals surface area contributed by atoms with Gasteiger partial charge in [0.15, 0.2) is 0 Å². The average Bonchev–Trinajstić information content (AvgIpc) is 2.28. The van der Waals surface area contributed by atoms with Crippen molar-refractivity contribution < 1.29 is 18.0 Å². The Labute approximate surface area is 101 Å². The van der Waals surface area contributed by atoms with Gasteiger partial charge in [-0.15, -0.1) is 0 Å². The van der Waals surface area contributed by atoms with Crippen LogP contribution in [0, 0.1) is 17.5 Å². The third-order valence-corrected chi connectivity index (χ3v) is 2.48. The summed E-state index contributed by atoms with van der Waals surface area (Å²) < 4.78 is 40.8. The lowest BCUT2D eigenvalue weighted by Gasteiger charge is -2.09. The van der Waals surface area contributed by atoms with Crippen molar-refractivity contribution in [1.29, 1.82) is 0 Å². The molecule has 18 heavy (non-hydrogen) atoms. The van der Waals surface area contributed by atoms with Gasteiger partial charge in [-0.1, -0.05) is 30.3 Å². The maximum absolute atomic E-state index is 13.9. The van der Waals surface area contributed by atoms with Crippen molar-refractivity contribution >= 4 is 5.91 Å². The minimum atomic E-state index is -1.31. The molecule has 2 aromatic carbocycles. The summed E-state index contributed by atoms with van der Waals surface area (Å²) in [5.41, 5.74) is 3.67. The molecule has 2 N–H and O–H groups in total. The van der Waals surface area contributed by atoms with E-state index in [1.54, 1.807) is 18.2 Å². The van der Waals surface area contributed by atoms with E-state index in [9.17, 15) is 18.0 Å². The fraction of sp³-hybridized carbons (Fsp3) is 0. The van der Waals surface area contributed by atoms with Crippen molar-refractivity contribution in [3.63, 3.8) is 0 Å². The molecule has 2 aromatic rings. The largest absolute Gasteiger partial charge is 0.365 e. The van der Waals surface area contributed by atoms with Gasteiger partial charge >= 0.3 is 0 Å². The predicted octanol–water partition coefficient (Wildman–Crippen LogP) is 2.87. The van der Waals surface area contributed by atoms with E-state index >= 15 is 0 Å². The van der Waals surface area contributed by atoms with E-state index in [1.807, 2.05) is 0 Å². The van der Waals surface area contributed by atoms with Crippen LogP contribution in [-0.4, -0.2) is 5.91 Å². The molecule has 5 heteroatoms. The molecule has 2 nitrogen and oxygen atoms in total. The second kappa shape index (κ2) is 4.52. The van der Waals surface area contributed by atoms with E-state index in [0.717, 1.165) is 0 Å². The second-order valence-electron chi connectivity index (χ2n) is 3.63. The van der Waals surface area contributed by atoms with E-state index in [1.165, 1.54) is 12.1 Å². The van der Waals surface area contributed by atoms with Crippen LogP contribution in [0.25, 0.3) is 11.1 Å². The van der Waals surface area contributed by atoms with Gasteiger partial charge in [-0.3, -0.25) is 4.79 Å². The van der Waals surface area contributed by atoms with Crippen LogP contribution >= 0.6 is 0 Å². The lowest BCUT2D eigenvalue weighted by Crippen LogP contribution is -2.16. The fourth-order valence-electron chi connectivity index (χ4n) is 1.69. The Balaban J connectivity index is 2.76. The maximum atomic E-state index is 13.9. The number of carbonyl (C=O) groups excluding carboxylic acids is 1. The summed E-state index contributed by atoms with van der Waals surface area (Å²) in [5.74, 6) is -4.95. The Hall–Kier alpha value is -2.30. The van der Waals surface area contributed by atoms with Crippen molar-refractivity contribution in [2.75, 3.05) is 0 Å². The molecular formula is C13H8F3NO. The average molecular weight is 251 g/mol. The quantitative estimate of drug-likeness (QED) is 0.876. The minimum Gasteiger partial charge on any atom is -0.365 e. The number of hydrogen-bond donors (Lipinski definition) is 1. The molecular weight excluding hydrogens is 243 g/mol. The van der Waals surface area contributed by atoms with Gasteiger partial charge in [0, 0.05) is 6.07 Å². The van der Waals surface area contributed by atoms with Crippen LogP contribution in [0.15, 0.2) is 36.4 Å². The topological polar surface area (TPSA) is 43.1 Å². The molecule has 0 saturated carbocycles. The molecule has 1 amide bonds. The van der Waals surface area contributed by atoms with E-state index < -0.39 is 34.5 Å². The molecule has 0 radical (unpaired) electrons. The van der Waals surface area contributed by atoms with Crippen molar-refractivity contribution in [1.82, 2.24) is 0 Å². The molecule has 0 aliphatic rings. The van der Waals surface area contributed by atoms with E-state index in [4.69, 9.17) is 5.73 Å². The zero-order chi connectivity index (χ0) is 13.3. The summed E-state index contributed by atoms with van der Waals surface area (Å²) in [6.45, 7) is 0. The molecule has 0 spiro atoms. The van der Waals surface area contributed by atoms with Gasteiger partial charge in [-0.2, -0.15) is 0 Å². The van der Waals surface area contributed by atoms with Gasteiger partial charge in [-0.25, -0.2) is 13.2 Å². The SMILES string of the molecule is NC(=O)c1c(F)cc(F)c(-c2ccccc2)c1F. The molecule has 0 bridgehead atoms. The number of hydrogen-bond acceptors (Lipinski definition) is 1. The maximum Gasteiger partial charge on any atom is 0.254 e. The van der Waals surface area contributed by atoms with Crippen molar-refractivity contribution in [3.8, 4) is 11.1 Å². The predicted molar refractivity (Wildman–Crippen MR) is 60.3 cm³/mol. The van der Waals surface area contributed by atoms with Crippen molar-refractivity contribution in [3.05, 3.63) is 59.4 Å². The van der Waals surface area contributed by atoms with Crippen LogP contribution in [0.2, 0.25) is 0 Å². The second-order valence-corrected chi connectivity index (χ2v) is 3.63. The monoisotopic (exact) mass is 251 g/mol. The highest BCUT2D eigenvalue weighted by atomic mass is 19.1. The fourth-order valence-corrected chi connectivity index (χ4v) is 1.69. The highest BCUT2D eigenvalue weighted by Crippen LogP contribution is 2.29. The zero-order valence-electron chi connectivity index (χ0n) is 9.08. The minimum absolute atomic E-state index is 0.204. The third kappa shape index (κ3) is 1.95. The molecule has 92 valence electrons. The van der Waals surface area contributed by atoms with Gasteiger partial charge in [0.2, 0.25) is 0 Å². The van der Waals surface area contributed by atoms with E-state index in [0.29, 0.717) is 6.07 Å². The van der Waals surface area contributed by atoms with Gasteiger partial charge < -0.3 is 5.73 Å². The zero-order valence-corrected chi connectivity index (χ0v) is 9.08. The molecule has 0 heterocycles. The van der Waals surface area contributed by atoms with Crippen LogP contribution in [0.4, 0.5) is 13.2 Å². The Morgan fingerprint density at radius 1 is 1.00 bits per heavy atom. The summed E-state index contributed by atoms with van der Waals surface area (Å²) in [6.07, 6.45) is 0. The third-order valence-electron chi connectivity index (χ3n) is 2.48. The lowest BCUT2D eigenvalue weighted by molar-refractivity contribution is 0.0992. The Morgan fingerprint density at radius 3 is 2.17 bits per heavy atom. The molecule has 0 atom stereocenters. The molecule has 0 unspecified atom stereocenters. The number of halogens is 3. The number of benzene rings is 2. The van der Waals surface area contributed by atoms with Crippen LogP contribution in [0.3, 0.4) is 0 Å². The number of carbonyl (C=O) groups is 1. The Morgan fingerprint density at radius 2 is 1.61 bits per heavy atom. The number of nitrogens with two attached hydrogens (primary N) is 1. The normalized spacial score (nSPS) is 10.4. The first-order valence-electron chi connectivity index (χ1n) is 5.05. The number of primary amides is 1. The van der Waals surface area contributed by atoms with Crippen LogP contribution < -0.4 is 5.73 Å². The first-order chi connectivity index (χ1) is 8.52. The number of amides is 1. The van der Waals surface area contributed by atoms with Crippen LogP contribution in [0.1, 0.15) is 10.4 Å². The molecule has 0 saturated heterocycles. The lowest BCUT2D eigenvalue weighted by atomic mass is 10.0. The van der Waals surface area contributed by atoms with Crippen molar-refractivity contribution in [2.24, 2.45) is 5.73 Å². The summed E-state index contributed by atoms with van der Waals surface area (Å²) in [4.78, 5) is 11.0. The summed E-state index contributed by atoms with van der Waals surface area (Å²) in [7, 11) is 0. The molecule has 0 fully saturated rings. The molecule has 0 aromatic heterocycles. The van der Waals surface area contributed by atoms with Crippen LogP contribution in [-0.2, 0) is 0 Å². The standard InChI is InChI=1S/C13H8F3NO/c14-8-6-9(15)11(13(17)18)12(16)10(8)7-4-2-1-3-5-7/h1-6H,(H2,17,18). The van der Waals surface area contributed by atoms with Crippen molar-refractivity contribution in [2.45, 2.75) is 0 Å². The highest BCUT2D eigenvalue weighted by Gasteiger charge is 2.23. The van der Waals surface area contributed by atoms with Gasteiger partial charge in [0.05, 0.1) is 5.56 Å². The highest BCUT2D eigenvalue weighted by molar-refractivity contribution is 5.95. The van der Waals surface area contributed by atoms with E-state index in [2.05, 4.69) is 0 Å². The number of rotatable bonds is 2. The van der Waals surface area contributed by atoms with E-state index in [-0.39, 0.29) is 5.56 Å². The van der Waals surface area contributed by atoms with Gasteiger partial charge in [0.1, 0.15) is 23.0 Å². The first-order valence-corrected chi connectivity index (χ1v) is 5.05. The Bertz CT molecular complexity index is 611. The Kier molecular flexibility index (Phi) is 3.06.